The molecule has 0 saturated heterocycles. The Labute approximate surface area is 73.0 Å². The number of nitrogens with one attached hydrogen (secondary N) is 1. The maximum absolute atomic E-state index is 11.0. The lowest BCUT2D eigenvalue weighted by atomic mass is 10.0. The summed E-state index contributed by atoms with van der Waals surface area (Å²) in [5.74, 6) is 0.384. The smallest absolute Gasteiger partial charge is 0.243 e. The average molecular weight is 168 g/mol. The summed E-state index contributed by atoms with van der Waals surface area (Å²) in [5, 5.41) is 2.89. The quantitative estimate of drug-likeness (QED) is 0.600. The summed E-state index contributed by atoms with van der Waals surface area (Å²) in [6.07, 6.45) is 4.68. The highest BCUT2D eigenvalue weighted by Crippen LogP contribution is 2.24. The van der Waals surface area contributed by atoms with Crippen molar-refractivity contribution in [2.24, 2.45) is 11.7 Å². The van der Waals surface area contributed by atoms with Gasteiger partial charge in [-0.15, -0.1) is 0 Å². The van der Waals surface area contributed by atoms with E-state index in [2.05, 4.69) is 11.9 Å². The van der Waals surface area contributed by atoms with Crippen LogP contribution in [0.2, 0.25) is 0 Å². The maximum atomic E-state index is 11.0. The molecule has 1 aliphatic rings. The predicted molar refractivity (Wildman–Crippen MR) is 48.5 cm³/mol. The summed E-state index contributed by atoms with van der Waals surface area (Å²) in [5.41, 5.74) is 5.56. The highest BCUT2D eigenvalue weighted by Gasteiger charge is 2.26. The molecular weight excluding hydrogens is 152 g/mol. The minimum Gasteiger partial charge on any atom is -0.350 e. The van der Waals surface area contributed by atoms with Crippen LogP contribution in [0.1, 0.15) is 19.3 Å². The normalized spacial score (nSPS) is 28.4. The van der Waals surface area contributed by atoms with Gasteiger partial charge >= 0.3 is 0 Å². The molecule has 0 aromatic carbocycles. The van der Waals surface area contributed by atoms with E-state index < -0.39 is 0 Å². The van der Waals surface area contributed by atoms with Crippen LogP contribution in [0, 0.1) is 5.92 Å². The molecule has 3 N–H and O–H groups in total. The zero-order chi connectivity index (χ0) is 8.97. The fraction of sp³-hybridized carbons (Fsp3) is 0.667. The molecule has 1 aliphatic carbocycles. The summed E-state index contributed by atoms with van der Waals surface area (Å²) >= 11 is 0. The Morgan fingerprint density at radius 2 is 2.42 bits per heavy atom. The lowest BCUT2D eigenvalue weighted by Crippen LogP contribution is -2.38. The van der Waals surface area contributed by atoms with Crippen molar-refractivity contribution in [1.29, 1.82) is 0 Å². The first kappa shape index (κ1) is 9.26. The molecule has 0 aromatic heterocycles. The van der Waals surface area contributed by atoms with Gasteiger partial charge in [0.25, 0.3) is 0 Å². The second kappa shape index (κ2) is 4.26. The molecule has 68 valence electrons. The number of hydrogen-bond donors (Lipinski definition) is 2. The molecule has 1 fully saturated rings. The van der Waals surface area contributed by atoms with Crippen molar-refractivity contribution in [3.63, 3.8) is 0 Å². The monoisotopic (exact) mass is 168 g/mol. The largest absolute Gasteiger partial charge is 0.350 e. The fourth-order valence-corrected chi connectivity index (χ4v) is 1.75. The molecule has 0 aromatic rings. The van der Waals surface area contributed by atoms with E-state index in [0.29, 0.717) is 12.5 Å². The van der Waals surface area contributed by atoms with Gasteiger partial charge in [0.2, 0.25) is 5.91 Å². The molecule has 1 rings (SSSR count). The van der Waals surface area contributed by atoms with Crippen LogP contribution in [0.15, 0.2) is 12.7 Å². The summed E-state index contributed by atoms with van der Waals surface area (Å²) in [6, 6.07) is 0.278. The summed E-state index contributed by atoms with van der Waals surface area (Å²) in [6.45, 7) is 4.08. The van der Waals surface area contributed by atoms with Crippen LogP contribution >= 0.6 is 0 Å². The Bertz CT molecular complexity index is 179. The van der Waals surface area contributed by atoms with Crippen LogP contribution in [0.4, 0.5) is 0 Å². The third kappa shape index (κ3) is 2.08. The summed E-state index contributed by atoms with van der Waals surface area (Å²) in [4.78, 5) is 11.0. The Balaban J connectivity index is 2.40. The molecule has 0 bridgehead atoms. The Hall–Kier alpha value is -0.830. The number of nitrogens with two attached hydrogens (primary N) is 1. The SMILES string of the molecule is C=CC(=O)NC1CCCC1CN. The molecule has 12 heavy (non-hydrogen) atoms. The number of rotatable bonds is 3. The average Bonchev–Trinajstić information content (AvgIpc) is 2.51. The maximum Gasteiger partial charge on any atom is 0.243 e. The summed E-state index contributed by atoms with van der Waals surface area (Å²) < 4.78 is 0. The Morgan fingerprint density at radius 3 is 3.00 bits per heavy atom. The van der Waals surface area contributed by atoms with Gasteiger partial charge in [0.1, 0.15) is 0 Å². The van der Waals surface area contributed by atoms with E-state index >= 15 is 0 Å². The van der Waals surface area contributed by atoms with E-state index in [1.54, 1.807) is 0 Å². The molecule has 3 heteroatoms. The van der Waals surface area contributed by atoms with Gasteiger partial charge in [-0.2, -0.15) is 0 Å². The predicted octanol–water partition coefficient (Wildman–Crippen LogP) is 0.416. The highest BCUT2D eigenvalue weighted by atomic mass is 16.1. The highest BCUT2D eigenvalue weighted by molar-refractivity contribution is 5.87. The van der Waals surface area contributed by atoms with Crippen LogP contribution in [0.3, 0.4) is 0 Å². The van der Waals surface area contributed by atoms with Crippen molar-refractivity contribution in [1.82, 2.24) is 5.32 Å². The van der Waals surface area contributed by atoms with Crippen molar-refractivity contribution in [3.8, 4) is 0 Å². The van der Waals surface area contributed by atoms with Crippen LogP contribution in [-0.2, 0) is 4.79 Å². The zero-order valence-corrected chi connectivity index (χ0v) is 7.25. The second-order valence-electron chi connectivity index (χ2n) is 3.25. The fourth-order valence-electron chi connectivity index (χ4n) is 1.75. The number of amides is 1. The minimum absolute atomic E-state index is 0.0830. The number of hydrogen-bond acceptors (Lipinski definition) is 2. The van der Waals surface area contributed by atoms with E-state index in [-0.39, 0.29) is 11.9 Å². The van der Waals surface area contributed by atoms with Gasteiger partial charge in [-0.1, -0.05) is 13.0 Å². The molecule has 2 unspecified atom stereocenters. The Kier molecular flexibility index (Phi) is 3.29. The third-order valence-corrected chi connectivity index (χ3v) is 2.47. The summed E-state index contributed by atoms with van der Waals surface area (Å²) in [7, 11) is 0. The first-order valence-electron chi connectivity index (χ1n) is 4.41. The van der Waals surface area contributed by atoms with E-state index in [9.17, 15) is 4.79 Å². The first-order valence-corrected chi connectivity index (χ1v) is 4.41. The van der Waals surface area contributed by atoms with Crippen LogP contribution in [0.5, 0.6) is 0 Å². The van der Waals surface area contributed by atoms with Gasteiger partial charge in [0.05, 0.1) is 0 Å². The molecule has 0 spiro atoms. The van der Waals surface area contributed by atoms with E-state index in [0.717, 1.165) is 12.8 Å². The van der Waals surface area contributed by atoms with E-state index in [1.807, 2.05) is 0 Å². The van der Waals surface area contributed by atoms with Gasteiger partial charge in [0, 0.05) is 6.04 Å². The molecule has 1 saturated carbocycles. The second-order valence-corrected chi connectivity index (χ2v) is 3.25. The molecule has 0 aliphatic heterocycles. The van der Waals surface area contributed by atoms with Crippen molar-refractivity contribution in [2.45, 2.75) is 25.3 Å². The standard InChI is InChI=1S/C9H16N2O/c1-2-9(12)11-8-5-3-4-7(8)6-10/h2,7-8H,1,3-6,10H2,(H,11,12). The zero-order valence-electron chi connectivity index (χ0n) is 7.25. The van der Waals surface area contributed by atoms with Crippen LogP contribution in [-0.4, -0.2) is 18.5 Å². The minimum atomic E-state index is -0.0830. The van der Waals surface area contributed by atoms with E-state index in [1.165, 1.54) is 12.5 Å². The molecule has 0 heterocycles. The lowest BCUT2D eigenvalue weighted by Gasteiger charge is -2.18. The van der Waals surface area contributed by atoms with Crippen molar-refractivity contribution < 1.29 is 4.79 Å². The van der Waals surface area contributed by atoms with Gasteiger partial charge in [-0.3, -0.25) is 4.79 Å². The van der Waals surface area contributed by atoms with Gasteiger partial charge in [0.15, 0.2) is 0 Å². The number of carbonyl (C=O) groups excluding carboxylic acids is 1. The lowest BCUT2D eigenvalue weighted by molar-refractivity contribution is -0.117. The molecular formula is C9H16N2O. The van der Waals surface area contributed by atoms with Gasteiger partial charge in [-0.05, 0) is 31.4 Å². The van der Waals surface area contributed by atoms with Crippen molar-refractivity contribution >= 4 is 5.91 Å². The van der Waals surface area contributed by atoms with Crippen molar-refractivity contribution in [3.05, 3.63) is 12.7 Å². The van der Waals surface area contributed by atoms with E-state index in [4.69, 9.17) is 5.73 Å². The molecule has 0 radical (unpaired) electrons. The van der Waals surface area contributed by atoms with Gasteiger partial charge < -0.3 is 11.1 Å². The topological polar surface area (TPSA) is 55.1 Å². The first-order chi connectivity index (χ1) is 5.77. The van der Waals surface area contributed by atoms with Crippen molar-refractivity contribution in [2.75, 3.05) is 6.54 Å². The number of carbonyl (C=O) groups is 1. The van der Waals surface area contributed by atoms with Gasteiger partial charge in [-0.25, -0.2) is 0 Å². The van der Waals surface area contributed by atoms with Crippen LogP contribution in [0.25, 0.3) is 0 Å². The van der Waals surface area contributed by atoms with Crippen LogP contribution < -0.4 is 11.1 Å². The molecule has 1 amide bonds. The third-order valence-electron chi connectivity index (χ3n) is 2.47. The molecule has 2 atom stereocenters. The molecule has 3 nitrogen and oxygen atoms in total. The Morgan fingerprint density at radius 1 is 1.67 bits per heavy atom.